The monoisotopic (exact) mass is 237 g/mol. The maximum Gasteiger partial charge on any atom is 0.135 e. The highest BCUT2D eigenvalue weighted by Crippen LogP contribution is 2.28. The molecule has 2 nitrogen and oxygen atoms in total. The van der Waals surface area contributed by atoms with Crippen molar-refractivity contribution < 1.29 is 4.42 Å². The van der Waals surface area contributed by atoms with E-state index < -0.39 is 0 Å². The average molecular weight is 237 g/mol. The van der Waals surface area contributed by atoms with E-state index in [9.17, 15) is 0 Å². The molecule has 0 atom stereocenters. The van der Waals surface area contributed by atoms with Gasteiger partial charge in [-0.25, -0.2) is 0 Å². The number of hydrogen-bond donors (Lipinski definition) is 1. The molecule has 90 valence electrons. The first kappa shape index (κ1) is 11.1. The number of nitrogens with two attached hydrogens (primary N) is 1. The van der Waals surface area contributed by atoms with Crippen LogP contribution >= 0.6 is 0 Å². The molecule has 0 radical (unpaired) electrons. The third-order valence-corrected chi connectivity index (χ3v) is 3.07. The molecule has 2 heteroatoms. The summed E-state index contributed by atoms with van der Waals surface area (Å²) in [5.74, 6) is 0.912. The molecule has 0 spiro atoms. The van der Waals surface area contributed by atoms with Gasteiger partial charge in [-0.15, -0.1) is 0 Å². The fraction of sp³-hybridized carbons (Fsp3) is 0.125. The number of fused-ring (bicyclic) bond motifs is 1. The summed E-state index contributed by atoms with van der Waals surface area (Å²) in [6, 6.07) is 18.5. The number of para-hydroxylation sites is 1. The summed E-state index contributed by atoms with van der Waals surface area (Å²) in [5, 5.41) is 1.14. The van der Waals surface area contributed by atoms with Crippen molar-refractivity contribution in [2.75, 3.05) is 6.54 Å². The minimum absolute atomic E-state index is 0.670. The van der Waals surface area contributed by atoms with E-state index in [1.54, 1.807) is 0 Å². The largest absolute Gasteiger partial charge is 0.456 e. The van der Waals surface area contributed by atoms with Crippen LogP contribution in [0.25, 0.3) is 22.3 Å². The molecule has 2 aromatic carbocycles. The molecule has 0 aliphatic rings. The summed E-state index contributed by atoms with van der Waals surface area (Å²) in [6.07, 6.45) is 0.897. The molecule has 3 rings (SSSR count). The van der Waals surface area contributed by atoms with Gasteiger partial charge in [0, 0.05) is 10.9 Å². The zero-order valence-electron chi connectivity index (χ0n) is 10.1. The minimum atomic E-state index is 0.670. The summed E-state index contributed by atoms with van der Waals surface area (Å²) in [7, 11) is 0. The van der Waals surface area contributed by atoms with Gasteiger partial charge in [0.25, 0.3) is 0 Å². The van der Waals surface area contributed by atoms with Crippen LogP contribution in [0.4, 0.5) is 0 Å². The maximum absolute atomic E-state index is 5.86. The Bertz CT molecular complexity index is 636. The number of furan rings is 1. The molecule has 3 aromatic rings. The van der Waals surface area contributed by atoms with Gasteiger partial charge in [-0.1, -0.05) is 36.4 Å². The first-order valence-corrected chi connectivity index (χ1v) is 6.15. The van der Waals surface area contributed by atoms with Crippen LogP contribution in [0.15, 0.2) is 59.0 Å². The Morgan fingerprint density at radius 3 is 2.67 bits per heavy atom. The summed E-state index contributed by atoms with van der Waals surface area (Å²) in [5.41, 5.74) is 8.87. The molecular formula is C16H15NO. The number of hydrogen-bond acceptors (Lipinski definition) is 2. The Labute approximate surface area is 106 Å². The third kappa shape index (κ3) is 2.03. The second kappa shape index (κ2) is 4.67. The fourth-order valence-corrected chi connectivity index (χ4v) is 2.17. The molecule has 0 aliphatic carbocycles. The second-order valence-electron chi connectivity index (χ2n) is 4.39. The molecule has 1 heterocycles. The van der Waals surface area contributed by atoms with E-state index in [0.29, 0.717) is 6.54 Å². The van der Waals surface area contributed by atoms with Crippen molar-refractivity contribution in [3.63, 3.8) is 0 Å². The van der Waals surface area contributed by atoms with Crippen molar-refractivity contribution in [3.05, 3.63) is 60.2 Å². The van der Waals surface area contributed by atoms with Crippen molar-refractivity contribution in [1.82, 2.24) is 0 Å². The molecule has 0 saturated heterocycles. The Morgan fingerprint density at radius 2 is 1.83 bits per heavy atom. The lowest BCUT2D eigenvalue weighted by Gasteiger charge is -2.01. The smallest absolute Gasteiger partial charge is 0.135 e. The predicted octanol–water partition coefficient (Wildman–Crippen LogP) is 3.60. The molecule has 0 bridgehead atoms. The van der Waals surface area contributed by atoms with Crippen molar-refractivity contribution >= 4 is 11.0 Å². The third-order valence-electron chi connectivity index (χ3n) is 3.07. The van der Waals surface area contributed by atoms with Crippen LogP contribution in [-0.2, 0) is 6.42 Å². The normalized spacial score (nSPS) is 10.9. The van der Waals surface area contributed by atoms with Gasteiger partial charge in [0.15, 0.2) is 0 Å². The quantitative estimate of drug-likeness (QED) is 0.756. The molecule has 0 amide bonds. The SMILES string of the molecule is NCCc1cccc(-c2cc3ccccc3o2)c1. The van der Waals surface area contributed by atoms with Gasteiger partial charge in [-0.2, -0.15) is 0 Å². The van der Waals surface area contributed by atoms with Crippen LogP contribution in [0, 0.1) is 0 Å². The van der Waals surface area contributed by atoms with Gasteiger partial charge in [0.1, 0.15) is 11.3 Å². The van der Waals surface area contributed by atoms with Crippen molar-refractivity contribution in [2.45, 2.75) is 6.42 Å². The van der Waals surface area contributed by atoms with Gasteiger partial charge in [0.2, 0.25) is 0 Å². The minimum Gasteiger partial charge on any atom is -0.456 e. The van der Waals surface area contributed by atoms with Gasteiger partial charge in [0.05, 0.1) is 0 Å². The molecule has 18 heavy (non-hydrogen) atoms. The van der Waals surface area contributed by atoms with E-state index in [2.05, 4.69) is 30.3 Å². The standard InChI is InChI=1S/C16H15NO/c17-9-8-12-4-3-6-13(10-12)16-11-14-5-1-2-7-15(14)18-16/h1-7,10-11H,8-9,17H2. The van der Waals surface area contributed by atoms with Crippen LogP contribution in [0.5, 0.6) is 0 Å². The van der Waals surface area contributed by atoms with Crippen molar-refractivity contribution in [3.8, 4) is 11.3 Å². The summed E-state index contributed by atoms with van der Waals surface area (Å²) >= 11 is 0. The van der Waals surface area contributed by atoms with Gasteiger partial charge in [-0.05, 0) is 36.7 Å². The van der Waals surface area contributed by atoms with Gasteiger partial charge >= 0.3 is 0 Å². The first-order chi connectivity index (χ1) is 8.86. The Balaban J connectivity index is 2.05. The molecule has 0 aliphatic heterocycles. The van der Waals surface area contributed by atoms with Gasteiger partial charge in [-0.3, -0.25) is 0 Å². The Hall–Kier alpha value is -2.06. The zero-order chi connectivity index (χ0) is 12.4. The Kier molecular flexibility index (Phi) is 2.87. The van der Waals surface area contributed by atoms with Gasteiger partial charge < -0.3 is 10.2 Å². The highest BCUT2D eigenvalue weighted by Gasteiger charge is 2.05. The highest BCUT2D eigenvalue weighted by atomic mass is 16.3. The topological polar surface area (TPSA) is 39.2 Å². The second-order valence-corrected chi connectivity index (χ2v) is 4.39. The molecule has 1 aromatic heterocycles. The molecular weight excluding hydrogens is 222 g/mol. The number of rotatable bonds is 3. The van der Waals surface area contributed by atoms with Crippen LogP contribution in [-0.4, -0.2) is 6.54 Å². The highest BCUT2D eigenvalue weighted by molar-refractivity contribution is 5.82. The lowest BCUT2D eigenvalue weighted by molar-refractivity contribution is 0.631. The van der Waals surface area contributed by atoms with Crippen LogP contribution < -0.4 is 5.73 Å². The summed E-state index contributed by atoms with van der Waals surface area (Å²) in [6.45, 7) is 0.670. The Morgan fingerprint density at radius 1 is 0.944 bits per heavy atom. The van der Waals surface area contributed by atoms with Crippen LogP contribution in [0.3, 0.4) is 0 Å². The van der Waals surface area contributed by atoms with E-state index in [4.69, 9.17) is 10.2 Å². The molecule has 0 unspecified atom stereocenters. The lowest BCUT2D eigenvalue weighted by atomic mass is 10.1. The van der Waals surface area contributed by atoms with Crippen LogP contribution in [0.2, 0.25) is 0 Å². The van der Waals surface area contributed by atoms with E-state index in [-0.39, 0.29) is 0 Å². The number of benzene rings is 2. The lowest BCUT2D eigenvalue weighted by Crippen LogP contribution is -2.02. The molecule has 0 saturated carbocycles. The summed E-state index contributed by atoms with van der Waals surface area (Å²) < 4.78 is 5.86. The van der Waals surface area contributed by atoms with Crippen LogP contribution in [0.1, 0.15) is 5.56 Å². The predicted molar refractivity (Wildman–Crippen MR) is 74.4 cm³/mol. The molecule has 2 N–H and O–H groups in total. The van der Waals surface area contributed by atoms with Crippen molar-refractivity contribution in [1.29, 1.82) is 0 Å². The van der Waals surface area contributed by atoms with Crippen molar-refractivity contribution in [2.24, 2.45) is 5.73 Å². The van der Waals surface area contributed by atoms with E-state index in [0.717, 1.165) is 28.7 Å². The molecule has 0 fully saturated rings. The van der Waals surface area contributed by atoms with E-state index in [1.807, 2.05) is 24.3 Å². The average Bonchev–Trinajstić information content (AvgIpc) is 2.83. The fourth-order valence-electron chi connectivity index (χ4n) is 2.17. The first-order valence-electron chi connectivity index (χ1n) is 6.15. The maximum atomic E-state index is 5.86. The zero-order valence-corrected chi connectivity index (χ0v) is 10.1. The summed E-state index contributed by atoms with van der Waals surface area (Å²) in [4.78, 5) is 0. The van der Waals surface area contributed by atoms with E-state index in [1.165, 1.54) is 5.56 Å². The van der Waals surface area contributed by atoms with E-state index >= 15 is 0 Å².